The van der Waals surface area contributed by atoms with Crippen molar-refractivity contribution in [2.24, 2.45) is 0 Å². The van der Waals surface area contributed by atoms with Crippen LogP contribution in [-0.4, -0.2) is 27.7 Å². The number of hydrogen-bond acceptors (Lipinski definition) is 4. The highest BCUT2D eigenvalue weighted by Crippen LogP contribution is 2.22. The largest absolute Gasteiger partial charge is 0.370 e. The van der Waals surface area contributed by atoms with Crippen LogP contribution in [0.2, 0.25) is 0 Å². The van der Waals surface area contributed by atoms with Crippen molar-refractivity contribution in [2.75, 3.05) is 23.7 Å². The van der Waals surface area contributed by atoms with Gasteiger partial charge in [0.05, 0.1) is 11.9 Å². The first-order valence-electron chi connectivity index (χ1n) is 6.11. The average molecular weight is 231 g/mol. The quantitative estimate of drug-likeness (QED) is 0.810. The van der Waals surface area contributed by atoms with E-state index in [1.165, 1.54) is 24.9 Å². The summed E-state index contributed by atoms with van der Waals surface area (Å²) in [4.78, 5) is 6.62. The van der Waals surface area contributed by atoms with Crippen molar-refractivity contribution in [1.82, 2.24) is 14.6 Å². The fraction of sp³-hybridized carbons (Fsp3) is 0.500. The van der Waals surface area contributed by atoms with Crippen LogP contribution in [0.1, 0.15) is 24.8 Å². The second-order valence-electron chi connectivity index (χ2n) is 4.67. The molecule has 5 nitrogen and oxygen atoms in total. The summed E-state index contributed by atoms with van der Waals surface area (Å²) in [5.41, 5.74) is 8.83. The van der Waals surface area contributed by atoms with Crippen LogP contribution in [0.4, 0.5) is 11.6 Å². The number of nitrogens with zero attached hydrogens (tertiary/aromatic N) is 4. The minimum Gasteiger partial charge on any atom is -0.370 e. The van der Waals surface area contributed by atoms with Crippen LogP contribution in [0.25, 0.3) is 5.65 Å². The summed E-state index contributed by atoms with van der Waals surface area (Å²) in [6, 6.07) is 2.18. The minimum absolute atomic E-state index is 0.337. The van der Waals surface area contributed by atoms with E-state index in [4.69, 9.17) is 5.73 Å². The van der Waals surface area contributed by atoms with Crippen LogP contribution < -0.4 is 10.6 Å². The number of anilines is 2. The molecule has 0 aliphatic carbocycles. The van der Waals surface area contributed by atoms with Crippen molar-refractivity contribution < 1.29 is 0 Å². The van der Waals surface area contributed by atoms with Gasteiger partial charge in [0.15, 0.2) is 5.65 Å². The van der Waals surface area contributed by atoms with Crippen LogP contribution >= 0.6 is 0 Å². The summed E-state index contributed by atoms with van der Waals surface area (Å²) in [6.07, 6.45) is 5.91. The molecule has 0 aromatic carbocycles. The van der Waals surface area contributed by atoms with Gasteiger partial charge in [-0.2, -0.15) is 4.98 Å². The van der Waals surface area contributed by atoms with E-state index in [9.17, 15) is 0 Å². The molecule has 2 aromatic rings. The molecule has 5 heteroatoms. The first kappa shape index (κ1) is 10.4. The highest BCUT2D eigenvalue weighted by molar-refractivity contribution is 5.58. The summed E-state index contributed by atoms with van der Waals surface area (Å²) in [5, 5.41) is 4.19. The van der Waals surface area contributed by atoms with Crippen molar-refractivity contribution >= 4 is 17.3 Å². The Morgan fingerprint density at radius 1 is 1.24 bits per heavy atom. The number of nitrogens with two attached hydrogens (primary N) is 1. The Bertz CT molecular complexity index is 539. The smallest absolute Gasteiger partial charge is 0.240 e. The third-order valence-electron chi connectivity index (χ3n) is 3.34. The maximum Gasteiger partial charge on any atom is 0.240 e. The van der Waals surface area contributed by atoms with Gasteiger partial charge in [0, 0.05) is 13.1 Å². The van der Waals surface area contributed by atoms with Gasteiger partial charge < -0.3 is 10.6 Å². The number of aromatic nitrogens is 3. The lowest BCUT2D eigenvalue weighted by molar-refractivity contribution is 0.576. The Balaban J connectivity index is 2.04. The number of hydrogen-bond donors (Lipinski definition) is 1. The molecule has 2 N–H and O–H groups in total. The fourth-order valence-electron chi connectivity index (χ4n) is 2.47. The van der Waals surface area contributed by atoms with Gasteiger partial charge in [-0.05, 0) is 37.8 Å². The molecule has 2 aromatic heterocycles. The van der Waals surface area contributed by atoms with Gasteiger partial charge in [-0.25, -0.2) is 4.52 Å². The summed E-state index contributed by atoms with van der Waals surface area (Å²) in [6.45, 7) is 4.32. The highest BCUT2D eigenvalue weighted by Gasteiger charge is 2.13. The van der Waals surface area contributed by atoms with E-state index in [1.807, 2.05) is 6.20 Å². The van der Waals surface area contributed by atoms with Gasteiger partial charge in [-0.1, -0.05) is 0 Å². The van der Waals surface area contributed by atoms with Gasteiger partial charge in [0.1, 0.15) is 0 Å². The van der Waals surface area contributed by atoms with E-state index < -0.39 is 0 Å². The lowest BCUT2D eigenvalue weighted by atomic mass is 10.1. The maximum absolute atomic E-state index is 5.63. The number of fused-ring (bicyclic) bond motifs is 1. The number of nitrogen functional groups attached to an aromatic ring is 1. The molecule has 0 amide bonds. The predicted molar refractivity (Wildman–Crippen MR) is 68.2 cm³/mol. The van der Waals surface area contributed by atoms with Gasteiger partial charge in [-0.3, -0.25) is 0 Å². The molecule has 17 heavy (non-hydrogen) atoms. The van der Waals surface area contributed by atoms with Crippen molar-refractivity contribution in [3.8, 4) is 0 Å². The van der Waals surface area contributed by atoms with Gasteiger partial charge in [-0.15, -0.1) is 5.10 Å². The Morgan fingerprint density at radius 3 is 2.76 bits per heavy atom. The SMILES string of the molecule is Cc1cc(N2CCCCC2)cn2nc(N)nc12. The summed E-state index contributed by atoms with van der Waals surface area (Å²) < 4.78 is 1.79. The zero-order chi connectivity index (χ0) is 11.8. The lowest BCUT2D eigenvalue weighted by Crippen LogP contribution is -2.29. The summed E-state index contributed by atoms with van der Waals surface area (Å²) >= 11 is 0. The molecule has 0 saturated carbocycles. The van der Waals surface area contributed by atoms with Crippen LogP contribution in [0.3, 0.4) is 0 Å². The molecule has 1 aliphatic heterocycles. The molecular weight excluding hydrogens is 214 g/mol. The minimum atomic E-state index is 0.337. The average Bonchev–Trinajstić information content (AvgIpc) is 2.71. The normalized spacial score (nSPS) is 16.6. The summed E-state index contributed by atoms with van der Waals surface area (Å²) in [5.74, 6) is 0.337. The predicted octanol–water partition coefficient (Wildman–Crippen LogP) is 1.61. The molecule has 0 bridgehead atoms. The molecule has 0 unspecified atom stereocenters. The summed E-state index contributed by atoms with van der Waals surface area (Å²) in [7, 11) is 0. The first-order chi connectivity index (χ1) is 8.24. The van der Waals surface area contributed by atoms with Gasteiger partial charge >= 0.3 is 0 Å². The highest BCUT2D eigenvalue weighted by atomic mass is 15.3. The van der Waals surface area contributed by atoms with Gasteiger partial charge in [0.25, 0.3) is 0 Å². The maximum atomic E-state index is 5.63. The number of aryl methyl sites for hydroxylation is 1. The zero-order valence-electron chi connectivity index (χ0n) is 10.1. The Hall–Kier alpha value is -1.78. The number of piperidine rings is 1. The molecule has 90 valence electrons. The van der Waals surface area contributed by atoms with Crippen LogP contribution in [-0.2, 0) is 0 Å². The zero-order valence-corrected chi connectivity index (χ0v) is 10.1. The molecule has 0 spiro atoms. The second kappa shape index (κ2) is 3.91. The first-order valence-corrected chi connectivity index (χ1v) is 6.11. The number of pyridine rings is 1. The van der Waals surface area contributed by atoms with Crippen molar-refractivity contribution in [3.63, 3.8) is 0 Å². The molecule has 1 saturated heterocycles. The molecule has 1 fully saturated rings. The van der Waals surface area contributed by atoms with E-state index in [2.05, 4.69) is 28.0 Å². The second-order valence-corrected chi connectivity index (χ2v) is 4.67. The fourth-order valence-corrected chi connectivity index (χ4v) is 2.47. The van der Waals surface area contributed by atoms with Crippen molar-refractivity contribution in [1.29, 1.82) is 0 Å². The van der Waals surface area contributed by atoms with E-state index in [0.29, 0.717) is 5.95 Å². The molecular formula is C12H17N5. The van der Waals surface area contributed by atoms with E-state index in [-0.39, 0.29) is 0 Å². The van der Waals surface area contributed by atoms with Crippen LogP contribution in [0.5, 0.6) is 0 Å². The van der Waals surface area contributed by atoms with Crippen molar-refractivity contribution in [2.45, 2.75) is 26.2 Å². The number of rotatable bonds is 1. The van der Waals surface area contributed by atoms with E-state index in [0.717, 1.165) is 24.3 Å². The third-order valence-corrected chi connectivity index (χ3v) is 3.34. The third kappa shape index (κ3) is 1.81. The van der Waals surface area contributed by atoms with Crippen LogP contribution in [0.15, 0.2) is 12.3 Å². The molecule has 0 radical (unpaired) electrons. The molecule has 1 aliphatic rings. The van der Waals surface area contributed by atoms with E-state index in [1.54, 1.807) is 4.52 Å². The Labute approximate surface area is 100 Å². The monoisotopic (exact) mass is 231 g/mol. The molecule has 0 atom stereocenters. The molecule has 3 rings (SSSR count). The van der Waals surface area contributed by atoms with E-state index >= 15 is 0 Å². The standard InChI is InChI=1S/C12H17N5/c1-9-7-10(16-5-3-2-4-6-16)8-17-11(9)14-12(13)15-17/h7-8H,2-6H2,1H3,(H2,13,15). The topological polar surface area (TPSA) is 59.5 Å². The Morgan fingerprint density at radius 2 is 2.00 bits per heavy atom. The Kier molecular flexibility index (Phi) is 2.39. The van der Waals surface area contributed by atoms with Gasteiger partial charge in [0.2, 0.25) is 5.95 Å². The van der Waals surface area contributed by atoms with Crippen molar-refractivity contribution in [3.05, 3.63) is 17.8 Å². The van der Waals surface area contributed by atoms with Crippen LogP contribution in [0, 0.1) is 6.92 Å². The molecule has 3 heterocycles. The lowest BCUT2D eigenvalue weighted by Gasteiger charge is -2.28.